The minimum atomic E-state index is 0.844. The third-order valence-corrected chi connectivity index (χ3v) is 6.44. The molecule has 0 rings (SSSR count). The molecular weight excluding hydrogens is 484 g/mol. The van der Waals surface area contributed by atoms with Crippen molar-refractivity contribution >= 4 is 0 Å². The topological polar surface area (TPSA) is 9.23 Å². The van der Waals surface area contributed by atoms with Crippen LogP contribution in [0, 0.1) is 0 Å². The van der Waals surface area contributed by atoms with Crippen LogP contribution in [0.15, 0.2) is 0 Å². The number of rotatable bonds is 22. The van der Waals surface area contributed by atoms with Crippen LogP contribution in [0.2, 0.25) is 0 Å². The Labute approximate surface area is 261 Å². The summed E-state index contributed by atoms with van der Waals surface area (Å²) in [6, 6.07) is 0. The summed E-state index contributed by atoms with van der Waals surface area (Å²) in [5, 5.41) is 0. The van der Waals surface area contributed by atoms with Gasteiger partial charge >= 0.3 is 0 Å². The van der Waals surface area contributed by atoms with Gasteiger partial charge < -0.3 is 4.74 Å². The monoisotopic (exact) mass is 575 g/mol. The molecule has 0 atom stereocenters. The molecule has 40 heavy (non-hydrogen) atoms. The van der Waals surface area contributed by atoms with Crippen LogP contribution in [0.3, 0.4) is 0 Å². The Balaban J connectivity index is -0.0000000870. The van der Waals surface area contributed by atoms with E-state index in [0.29, 0.717) is 0 Å². The van der Waals surface area contributed by atoms with Gasteiger partial charge in [0.15, 0.2) is 0 Å². The first-order chi connectivity index (χ1) is 19.5. The van der Waals surface area contributed by atoms with Crippen molar-refractivity contribution in [3.05, 3.63) is 0 Å². The first kappa shape index (κ1) is 52.6. The highest BCUT2D eigenvalue weighted by atomic mass is 16.5. The van der Waals surface area contributed by atoms with Gasteiger partial charge in [-0.2, -0.15) is 0 Å². The van der Waals surface area contributed by atoms with Crippen molar-refractivity contribution in [2.75, 3.05) is 13.2 Å². The van der Waals surface area contributed by atoms with Gasteiger partial charge in [-0.3, -0.25) is 0 Å². The van der Waals surface area contributed by atoms with Crippen LogP contribution < -0.4 is 0 Å². The lowest BCUT2D eigenvalue weighted by Gasteiger charge is -1.90. The molecule has 0 spiro atoms. The van der Waals surface area contributed by atoms with E-state index in [1.165, 1.54) is 161 Å². The van der Waals surface area contributed by atoms with Crippen LogP contribution >= 0.6 is 0 Å². The molecule has 0 unspecified atom stereocenters. The predicted octanol–water partition coefficient (Wildman–Crippen LogP) is 15.9. The average Bonchev–Trinajstić information content (AvgIpc) is 2.97. The lowest BCUT2D eigenvalue weighted by atomic mass is 10.2. The number of ether oxygens (including phenoxy) is 1. The van der Waals surface area contributed by atoms with Crippen molar-refractivity contribution in [1.29, 1.82) is 0 Å². The number of hydrogen-bond acceptors (Lipinski definition) is 1. The van der Waals surface area contributed by atoms with Crippen LogP contribution in [0.25, 0.3) is 0 Å². The van der Waals surface area contributed by atoms with Crippen molar-refractivity contribution in [3.8, 4) is 0 Å². The molecule has 1 nitrogen and oxygen atoms in total. The molecule has 0 bridgehead atoms. The zero-order valence-electron chi connectivity index (χ0n) is 31.5. The van der Waals surface area contributed by atoms with Crippen LogP contribution in [0.5, 0.6) is 0 Å². The maximum Gasteiger partial charge on any atom is 0.0437 e. The molecule has 0 aliphatic rings. The van der Waals surface area contributed by atoms with Gasteiger partial charge in [0.1, 0.15) is 0 Å². The minimum absolute atomic E-state index is 0.844. The van der Waals surface area contributed by atoms with E-state index in [9.17, 15) is 0 Å². The van der Waals surface area contributed by atoms with Gasteiger partial charge in [-0.15, -0.1) is 0 Å². The summed E-state index contributed by atoms with van der Waals surface area (Å²) < 4.78 is 4.83. The van der Waals surface area contributed by atoms with E-state index in [1.54, 1.807) is 0 Å². The Morgan fingerprint density at radius 2 is 0.325 bits per heavy atom. The van der Waals surface area contributed by atoms with E-state index in [1.807, 2.05) is 13.8 Å². The lowest BCUT2D eigenvalue weighted by molar-refractivity contribution is 0.162. The fourth-order valence-electron chi connectivity index (χ4n) is 3.59. The summed E-state index contributed by atoms with van der Waals surface area (Å²) in [5.74, 6) is 0. The van der Waals surface area contributed by atoms with E-state index in [0.717, 1.165) is 13.2 Å². The van der Waals surface area contributed by atoms with E-state index < -0.39 is 0 Å². The second-order valence-corrected chi connectivity index (χ2v) is 11.1. The Kier molecular flexibility index (Phi) is 94.4. The summed E-state index contributed by atoms with van der Waals surface area (Å²) in [5.41, 5.74) is 0. The smallest absolute Gasteiger partial charge is 0.0437 e. The van der Waals surface area contributed by atoms with Crippen molar-refractivity contribution in [3.63, 3.8) is 0 Å². The Bertz CT molecular complexity index is 196. The molecular formula is C39H90O. The summed E-state index contributed by atoms with van der Waals surface area (Å²) in [7, 11) is 0. The van der Waals surface area contributed by atoms with Gasteiger partial charge in [-0.25, -0.2) is 0 Å². The van der Waals surface area contributed by atoms with Gasteiger partial charge in [0.25, 0.3) is 0 Å². The van der Waals surface area contributed by atoms with E-state index in [2.05, 4.69) is 69.2 Å². The van der Waals surface area contributed by atoms with Crippen molar-refractivity contribution in [1.82, 2.24) is 0 Å². The van der Waals surface area contributed by atoms with Crippen LogP contribution in [-0.4, -0.2) is 13.2 Å². The molecule has 0 aliphatic heterocycles. The summed E-state index contributed by atoms with van der Waals surface area (Å²) in [6.45, 7) is 28.1. The predicted molar refractivity (Wildman–Crippen MR) is 194 cm³/mol. The highest BCUT2D eigenvalue weighted by Gasteiger charge is 1.82. The molecule has 0 aromatic rings. The molecule has 0 fully saturated rings. The normalized spacial score (nSPS) is 9.30. The summed E-state index contributed by atoms with van der Waals surface area (Å²) >= 11 is 0. The molecule has 0 aromatic heterocycles. The molecule has 0 saturated carbocycles. The second-order valence-electron chi connectivity index (χ2n) is 11.1. The van der Waals surface area contributed by atoms with Gasteiger partial charge in [-0.05, 0) is 13.8 Å². The van der Waals surface area contributed by atoms with E-state index in [-0.39, 0.29) is 0 Å². The molecule has 0 radical (unpaired) electrons. The average molecular weight is 575 g/mol. The number of hydrogen-bond donors (Lipinski definition) is 0. The Morgan fingerprint density at radius 1 is 0.200 bits per heavy atom. The van der Waals surface area contributed by atoms with Crippen molar-refractivity contribution in [2.45, 2.75) is 244 Å². The fourth-order valence-corrected chi connectivity index (χ4v) is 3.59. The molecule has 0 N–H and O–H groups in total. The highest BCUT2D eigenvalue weighted by molar-refractivity contribution is 4.38. The minimum Gasteiger partial charge on any atom is -0.382 e. The highest BCUT2D eigenvalue weighted by Crippen LogP contribution is 2.02. The largest absolute Gasteiger partial charge is 0.382 e. The summed E-state index contributed by atoms with van der Waals surface area (Å²) in [4.78, 5) is 0. The standard InChI is InChI=1S/5C7H16.C4H10O/c5*1-3-5-7-6-4-2;1-3-5-4-2/h5*3-7H2,1-2H3;3-4H2,1-2H3. The lowest BCUT2D eigenvalue weighted by Crippen LogP contribution is -1.84. The molecule has 0 saturated heterocycles. The molecule has 0 amide bonds. The van der Waals surface area contributed by atoms with Crippen LogP contribution in [0.4, 0.5) is 0 Å². The van der Waals surface area contributed by atoms with Gasteiger partial charge in [0.2, 0.25) is 0 Å². The maximum absolute atomic E-state index is 4.83. The third-order valence-electron chi connectivity index (χ3n) is 6.44. The zero-order valence-corrected chi connectivity index (χ0v) is 31.5. The molecule has 0 aromatic carbocycles. The van der Waals surface area contributed by atoms with Gasteiger partial charge in [0, 0.05) is 13.2 Å². The van der Waals surface area contributed by atoms with E-state index >= 15 is 0 Å². The maximum atomic E-state index is 4.83. The molecule has 252 valence electrons. The molecule has 1 heteroatoms. The SMILES string of the molecule is CCCCCCC.CCCCCCC.CCCCCCC.CCCCCCC.CCCCCCC.CCOCC. The zero-order chi connectivity index (χ0) is 31.8. The summed E-state index contributed by atoms with van der Waals surface area (Å²) in [6.07, 6.45) is 35.0. The Morgan fingerprint density at radius 3 is 0.375 bits per heavy atom. The van der Waals surface area contributed by atoms with Gasteiger partial charge in [0.05, 0.1) is 0 Å². The quantitative estimate of drug-likeness (QED) is 0.117. The van der Waals surface area contributed by atoms with Crippen molar-refractivity contribution < 1.29 is 4.74 Å². The molecule has 0 heterocycles. The third kappa shape index (κ3) is 108. The molecule has 0 aliphatic carbocycles. The van der Waals surface area contributed by atoms with E-state index in [4.69, 9.17) is 4.74 Å². The second kappa shape index (κ2) is 71.8. The van der Waals surface area contributed by atoms with Crippen LogP contribution in [-0.2, 0) is 4.74 Å². The first-order valence-electron chi connectivity index (χ1n) is 19.1. The van der Waals surface area contributed by atoms with Gasteiger partial charge in [-0.1, -0.05) is 230 Å². The number of unbranched alkanes of at least 4 members (excludes halogenated alkanes) is 20. The first-order valence-corrected chi connectivity index (χ1v) is 19.1. The fraction of sp³-hybridized carbons (Fsp3) is 1.00. The van der Waals surface area contributed by atoms with Crippen molar-refractivity contribution in [2.24, 2.45) is 0 Å². The Hall–Kier alpha value is -0.0400. The van der Waals surface area contributed by atoms with Crippen LogP contribution in [0.1, 0.15) is 244 Å².